The third kappa shape index (κ3) is 3.54. The van der Waals surface area contributed by atoms with Crippen LogP contribution in [0.1, 0.15) is 20.8 Å². The second-order valence-corrected chi connectivity index (χ2v) is 8.05. The zero-order chi connectivity index (χ0) is 22.1. The van der Waals surface area contributed by atoms with E-state index in [0.717, 1.165) is 4.88 Å². The molecule has 0 aliphatic carbocycles. The van der Waals surface area contributed by atoms with Crippen LogP contribution < -0.4 is 11.1 Å². The number of rotatable bonds is 5. The monoisotopic (exact) mass is 442 g/mol. The molecule has 158 valence electrons. The molecule has 8 nitrogen and oxygen atoms in total. The molecule has 3 aromatic heterocycles. The lowest BCUT2D eigenvalue weighted by molar-refractivity contribution is 0.0953. The van der Waals surface area contributed by atoms with Crippen LogP contribution >= 0.6 is 11.3 Å². The zero-order valence-electron chi connectivity index (χ0n) is 16.8. The molecular weight excluding hydrogens is 424 g/mol. The molecule has 5 rings (SSSR count). The van der Waals surface area contributed by atoms with Crippen LogP contribution in [0.2, 0.25) is 0 Å². The van der Waals surface area contributed by atoms with Gasteiger partial charge in [0, 0.05) is 10.4 Å². The highest BCUT2D eigenvalue weighted by atomic mass is 32.1. The molecule has 0 radical (unpaired) electrons. The number of phenolic OH excluding ortho intramolecular Hbond substituents is 1. The summed E-state index contributed by atoms with van der Waals surface area (Å²) in [6.45, 7) is 0.380. The molecule has 0 fully saturated rings. The number of nitrogens with one attached hydrogen (secondary N) is 1. The second-order valence-electron chi connectivity index (χ2n) is 7.02. The molecule has 3 heterocycles. The number of carbonyl (C=O) groups is 1. The molecule has 0 atom stereocenters. The number of hydrogen-bond donors (Lipinski definition) is 3. The van der Waals surface area contributed by atoms with Crippen LogP contribution in [-0.4, -0.2) is 31.9 Å². The Kier molecular flexibility index (Phi) is 5.00. The number of nitrogens with zero attached hydrogens (tertiary/aromatic N) is 4. The first-order valence-electron chi connectivity index (χ1n) is 9.81. The van der Waals surface area contributed by atoms with Crippen LogP contribution in [0.25, 0.3) is 22.2 Å². The van der Waals surface area contributed by atoms with Crippen LogP contribution in [-0.2, 0) is 6.54 Å². The number of nitrogen functional groups attached to an aromatic ring is 1. The first-order valence-corrected chi connectivity index (χ1v) is 10.7. The van der Waals surface area contributed by atoms with Gasteiger partial charge in [-0.2, -0.15) is 9.78 Å². The summed E-state index contributed by atoms with van der Waals surface area (Å²) in [7, 11) is 0. The molecule has 0 unspecified atom stereocenters. The minimum atomic E-state index is -0.359. The Morgan fingerprint density at radius 3 is 2.59 bits per heavy atom. The molecule has 9 heteroatoms. The van der Waals surface area contributed by atoms with Gasteiger partial charge in [0.1, 0.15) is 22.6 Å². The van der Waals surface area contributed by atoms with Crippen molar-refractivity contribution in [1.29, 1.82) is 0 Å². The zero-order valence-corrected chi connectivity index (χ0v) is 17.6. The van der Waals surface area contributed by atoms with Gasteiger partial charge in [-0.05, 0) is 35.7 Å². The van der Waals surface area contributed by atoms with Crippen molar-refractivity contribution in [2.24, 2.45) is 5.10 Å². The summed E-state index contributed by atoms with van der Waals surface area (Å²) in [5.74, 6) is -0.163. The Labute approximate surface area is 186 Å². The topological polar surface area (TPSA) is 118 Å². The number of aromatic hydroxyl groups is 1. The number of carbonyl (C=O) groups excluding carboxylic acids is 1. The van der Waals surface area contributed by atoms with Crippen molar-refractivity contribution in [2.45, 2.75) is 6.54 Å². The lowest BCUT2D eigenvalue weighted by Gasteiger charge is -2.04. The van der Waals surface area contributed by atoms with E-state index in [1.54, 1.807) is 35.6 Å². The number of amides is 1. The number of thiophene rings is 1. The van der Waals surface area contributed by atoms with Crippen molar-refractivity contribution < 1.29 is 9.90 Å². The minimum Gasteiger partial charge on any atom is -0.507 e. The standard InChI is InChI=1S/C23H18N6O2S/c24-21-19(23(31)25-13-15-7-5-11-32-15)20-22(28-17-9-3-2-8-16(17)27-20)29(21)26-12-14-6-1-4-10-18(14)30/h1-12,30H,13,24H2,(H,25,31)/b26-12+. The quantitative estimate of drug-likeness (QED) is 0.358. The van der Waals surface area contributed by atoms with Gasteiger partial charge in [0.05, 0.1) is 23.8 Å². The van der Waals surface area contributed by atoms with E-state index in [9.17, 15) is 9.90 Å². The van der Waals surface area contributed by atoms with E-state index in [0.29, 0.717) is 34.3 Å². The van der Waals surface area contributed by atoms with Crippen molar-refractivity contribution in [1.82, 2.24) is 20.0 Å². The summed E-state index contributed by atoms with van der Waals surface area (Å²) in [6.07, 6.45) is 1.47. The molecular formula is C23H18N6O2S. The van der Waals surface area contributed by atoms with Crippen LogP contribution in [0.15, 0.2) is 71.1 Å². The fourth-order valence-electron chi connectivity index (χ4n) is 3.37. The Hall–Kier alpha value is -4.24. The third-order valence-corrected chi connectivity index (χ3v) is 5.83. The maximum Gasteiger partial charge on any atom is 0.257 e. The summed E-state index contributed by atoms with van der Waals surface area (Å²) in [5, 5.41) is 19.3. The maximum absolute atomic E-state index is 13.1. The number of fused-ring (bicyclic) bond motifs is 2. The molecule has 0 aliphatic rings. The molecule has 4 N–H and O–H groups in total. The van der Waals surface area contributed by atoms with Crippen LogP contribution in [0.4, 0.5) is 5.82 Å². The Balaban J connectivity index is 1.64. The number of phenols is 1. The van der Waals surface area contributed by atoms with Gasteiger partial charge in [-0.1, -0.05) is 30.3 Å². The number of anilines is 1. The molecule has 1 amide bonds. The van der Waals surface area contributed by atoms with Gasteiger partial charge in [-0.15, -0.1) is 11.3 Å². The number of para-hydroxylation sites is 3. The second kappa shape index (κ2) is 8.12. The molecule has 0 spiro atoms. The van der Waals surface area contributed by atoms with Gasteiger partial charge in [-0.3, -0.25) is 4.79 Å². The maximum atomic E-state index is 13.1. The summed E-state index contributed by atoms with van der Waals surface area (Å²) in [5.41, 5.74) is 9.12. The minimum absolute atomic E-state index is 0.0803. The van der Waals surface area contributed by atoms with Crippen LogP contribution in [0.5, 0.6) is 5.75 Å². The van der Waals surface area contributed by atoms with E-state index in [1.165, 1.54) is 10.9 Å². The summed E-state index contributed by atoms with van der Waals surface area (Å²) in [4.78, 5) is 23.4. The highest BCUT2D eigenvalue weighted by molar-refractivity contribution is 7.09. The highest BCUT2D eigenvalue weighted by Crippen LogP contribution is 2.28. The molecule has 0 saturated carbocycles. The van der Waals surface area contributed by atoms with Gasteiger partial charge in [0.25, 0.3) is 5.91 Å². The summed E-state index contributed by atoms with van der Waals surface area (Å²) >= 11 is 1.56. The molecule has 0 bridgehead atoms. The SMILES string of the molecule is Nc1c(C(=O)NCc2cccs2)c2nc3ccccc3nc2n1/N=C/c1ccccc1O. The predicted octanol–water partition coefficient (Wildman–Crippen LogP) is 3.75. The van der Waals surface area contributed by atoms with Crippen molar-refractivity contribution in [2.75, 3.05) is 5.73 Å². The number of nitrogens with two attached hydrogens (primary N) is 1. The van der Waals surface area contributed by atoms with Crippen molar-refractivity contribution in [3.05, 3.63) is 82.0 Å². The Bertz CT molecular complexity index is 1470. The number of hydrogen-bond acceptors (Lipinski definition) is 7. The third-order valence-electron chi connectivity index (χ3n) is 4.95. The van der Waals surface area contributed by atoms with Gasteiger partial charge in [-0.25, -0.2) is 9.97 Å². The van der Waals surface area contributed by atoms with Crippen LogP contribution in [0, 0.1) is 0 Å². The Morgan fingerprint density at radius 2 is 1.84 bits per heavy atom. The number of aromatic nitrogens is 3. The normalized spacial score (nSPS) is 11.5. The summed E-state index contributed by atoms with van der Waals surface area (Å²) in [6, 6.07) is 18.0. The number of benzene rings is 2. The molecule has 5 aromatic rings. The van der Waals surface area contributed by atoms with E-state index in [-0.39, 0.29) is 23.0 Å². The smallest absolute Gasteiger partial charge is 0.257 e. The molecule has 32 heavy (non-hydrogen) atoms. The molecule has 2 aromatic carbocycles. The van der Waals surface area contributed by atoms with Gasteiger partial charge in [0.2, 0.25) is 0 Å². The van der Waals surface area contributed by atoms with Gasteiger partial charge >= 0.3 is 0 Å². The van der Waals surface area contributed by atoms with Crippen molar-refractivity contribution >= 4 is 51.5 Å². The van der Waals surface area contributed by atoms with E-state index in [1.807, 2.05) is 41.8 Å². The van der Waals surface area contributed by atoms with Crippen molar-refractivity contribution in [3.63, 3.8) is 0 Å². The lowest BCUT2D eigenvalue weighted by Crippen LogP contribution is -2.23. The highest BCUT2D eigenvalue weighted by Gasteiger charge is 2.24. The lowest BCUT2D eigenvalue weighted by atomic mass is 10.2. The molecule has 0 aliphatic heterocycles. The largest absolute Gasteiger partial charge is 0.507 e. The summed E-state index contributed by atoms with van der Waals surface area (Å²) < 4.78 is 1.38. The van der Waals surface area contributed by atoms with Gasteiger partial charge < -0.3 is 16.2 Å². The van der Waals surface area contributed by atoms with E-state index < -0.39 is 0 Å². The molecule has 0 saturated heterocycles. The van der Waals surface area contributed by atoms with Crippen molar-refractivity contribution in [3.8, 4) is 5.75 Å². The predicted molar refractivity (Wildman–Crippen MR) is 126 cm³/mol. The average molecular weight is 443 g/mol. The fourth-order valence-corrected chi connectivity index (χ4v) is 4.02. The van der Waals surface area contributed by atoms with E-state index >= 15 is 0 Å². The van der Waals surface area contributed by atoms with E-state index in [2.05, 4.69) is 20.4 Å². The Morgan fingerprint density at radius 1 is 1.09 bits per heavy atom. The van der Waals surface area contributed by atoms with Crippen LogP contribution in [0.3, 0.4) is 0 Å². The first-order chi connectivity index (χ1) is 15.6. The average Bonchev–Trinajstić information content (AvgIpc) is 3.41. The fraction of sp³-hybridized carbons (Fsp3) is 0.0435. The first kappa shape index (κ1) is 19.7. The van der Waals surface area contributed by atoms with E-state index in [4.69, 9.17) is 5.73 Å². The van der Waals surface area contributed by atoms with Gasteiger partial charge in [0.15, 0.2) is 5.65 Å².